The van der Waals surface area contributed by atoms with Gasteiger partial charge in [-0.1, -0.05) is 13.8 Å². The van der Waals surface area contributed by atoms with Crippen LogP contribution >= 0.6 is 0 Å². The van der Waals surface area contributed by atoms with Gasteiger partial charge in [-0.3, -0.25) is 0 Å². The van der Waals surface area contributed by atoms with Gasteiger partial charge < -0.3 is 5.32 Å². The van der Waals surface area contributed by atoms with E-state index in [9.17, 15) is 13.2 Å². The van der Waals surface area contributed by atoms with Crippen LogP contribution in [0.2, 0.25) is 0 Å². The van der Waals surface area contributed by atoms with Gasteiger partial charge in [-0.2, -0.15) is 13.2 Å². The van der Waals surface area contributed by atoms with Crippen molar-refractivity contribution in [1.29, 1.82) is 0 Å². The maximum Gasteiger partial charge on any atom is 0.416 e. The predicted molar refractivity (Wildman–Crippen MR) is 71.0 cm³/mol. The van der Waals surface area contributed by atoms with Crippen LogP contribution < -0.4 is 5.32 Å². The first-order valence-corrected chi connectivity index (χ1v) is 6.80. The molecule has 1 fully saturated rings. The molecule has 0 radical (unpaired) electrons. The van der Waals surface area contributed by atoms with Gasteiger partial charge in [0.15, 0.2) is 0 Å². The zero-order valence-corrected chi connectivity index (χ0v) is 11.3. The van der Waals surface area contributed by atoms with Gasteiger partial charge in [-0.15, -0.1) is 0 Å². The Hall–Kier alpha value is -1.19. The molecule has 0 aromatic heterocycles. The molecule has 0 spiro atoms. The van der Waals surface area contributed by atoms with Gasteiger partial charge >= 0.3 is 6.18 Å². The zero-order valence-electron chi connectivity index (χ0n) is 11.3. The number of nitrogens with one attached hydrogen (secondary N) is 1. The van der Waals surface area contributed by atoms with Crippen molar-refractivity contribution in [2.75, 3.05) is 5.32 Å². The fourth-order valence-corrected chi connectivity index (χ4v) is 2.67. The second-order valence-corrected chi connectivity index (χ2v) is 5.68. The molecular formula is C15H20F3N. The molecular weight excluding hydrogens is 251 g/mol. The number of hydrogen-bond donors (Lipinski definition) is 1. The number of anilines is 1. The Morgan fingerprint density at radius 2 is 1.63 bits per heavy atom. The quantitative estimate of drug-likeness (QED) is 0.803. The minimum atomic E-state index is -4.26. The first-order chi connectivity index (χ1) is 8.86. The van der Waals surface area contributed by atoms with Crippen LogP contribution in [-0.4, -0.2) is 6.04 Å². The predicted octanol–water partition coefficient (Wildman–Crippen LogP) is 4.94. The smallest absolute Gasteiger partial charge is 0.382 e. The molecule has 2 rings (SSSR count). The van der Waals surface area contributed by atoms with Gasteiger partial charge in [0.25, 0.3) is 0 Å². The van der Waals surface area contributed by atoms with Crippen molar-refractivity contribution in [2.45, 2.75) is 45.3 Å². The minimum absolute atomic E-state index is 0.378. The van der Waals surface area contributed by atoms with Crippen LogP contribution in [0.3, 0.4) is 0 Å². The molecule has 1 nitrogen and oxygen atoms in total. The Kier molecular flexibility index (Phi) is 4.07. The molecule has 1 aliphatic carbocycles. The Balaban J connectivity index is 1.97. The molecule has 0 bridgehead atoms. The summed E-state index contributed by atoms with van der Waals surface area (Å²) in [5.74, 6) is 1.41. The second-order valence-electron chi connectivity index (χ2n) is 5.68. The fraction of sp³-hybridized carbons (Fsp3) is 0.600. The van der Waals surface area contributed by atoms with E-state index in [1.54, 1.807) is 0 Å². The van der Waals surface area contributed by atoms with E-state index in [2.05, 4.69) is 19.2 Å². The summed E-state index contributed by atoms with van der Waals surface area (Å²) >= 11 is 0. The van der Waals surface area contributed by atoms with E-state index in [0.29, 0.717) is 12.0 Å². The van der Waals surface area contributed by atoms with Gasteiger partial charge in [0.1, 0.15) is 0 Å². The van der Waals surface area contributed by atoms with Crippen LogP contribution in [0, 0.1) is 11.8 Å². The summed E-state index contributed by atoms with van der Waals surface area (Å²) in [5.41, 5.74) is 0.184. The minimum Gasteiger partial charge on any atom is -0.382 e. The monoisotopic (exact) mass is 271 g/mol. The maximum atomic E-state index is 12.5. The molecule has 1 aromatic rings. The van der Waals surface area contributed by atoms with E-state index >= 15 is 0 Å². The Bertz CT molecular complexity index is 410. The van der Waals surface area contributed by atoms with Crippen molar-refractivity contribution in [3.8, 4) is 0 Å². The van der Waals surface area contributed by atoms with Crippen molar-refractivity contribution in [2.24, 2.45) is 11.8 Å². The highest BCUT2D eigenvalue weighted by atomic mass is 19.4. The molecule has 3 unspecified atom stereocenters. The van der Waals surface area contributed by atoms with Crippen molar-refractivity contribution >= 4 is 5.69 Å². The summed E-state index contributed by atoms with van der Waals surface area (Å²) in [5, 5.41) is 3.34. The molecule has 0 heterocycles. The molecule has 1 aliphatic rings. The maximum absolute atomic E-state index is 12.5. The second kappa shape index (κ2) is 5.43. The van der Waals surface area contributed by atoms with Crippen molar-refractivity contribution < 1.29 is 13.2 Å². The standard InChI is InChI=1S/C15H20F3N/c1-10-3-6-14(9-11(10)2)19-13-7-4-12(5-8-13)15(16,17)18/h4-5,7-8,10-11,14,19H,3,6,9H2,1-2H3. The molecule has 1 aromatic carbocycles. The zero-order chi connectivity index (χ0) is 14.0. The van der Waals surface area contributed by atoms with Gasteiger partial charge in [0.05, 0.1) is 5.56 Å². The lowest BCUT2D eigenvalue weighted by molar-refractivity contribution is -0.137. The highest BCUT2D eigenvalue weighted by Gasteiger charge is 2.30. The molecule has 106 valence electrons. The van der Waals surface area contributed by atoms with Crippen LogP contribution in [0.25, 0.3) is 0 Å². The van der Waals surface area contributed by atoms with Gasteiger partial charge in [0.2, 0.25) is 0 Å². The van der Waals surface area contributed by atoms with Crippen LogP contribution in [0.1, 0.15) is 38.7 Å². The third-order valence-corrected chi connectivity index (χ3v) is 4.18. The largest absolute Gasteiger partial charge is 0.416 e. The molecule has 0 amide bonds. The summed E-state index contributed by atoms with van der Waals surface area (Å²) in [4.78, 5) is 0. The van der Waals surface area contributed by atoms with E-state index in [1.165, 1.54) is 18.6 Å². The first kappa shape index (κ1) is 14.2. The fourth-order valence-electron chi connectivity index (χ4n) is 2.67. The van der Waals surface area contributed by atoms with Gasteiger partial charge in [-0.25, -0.2) is 0 Å². The Morgan fingerprint density at radius 3 is 2.16 bits per heavy atom. The lowest BCUT2D eigenvalue weighted by Gasteiger charge is -2.33. The van der Waals surface area contributed by atoms with Crippen LogP contribution in [0.15, 0.2) is 24.3 Å². The Labute approximate surface area is 112 Å². The molecule has 0 aliphatic heterocycles. The molecule has 3 atom stereocenters. The van der Waals surface area contributed by atoms with Crippen molar-refractivity contribution in [1.82, 2.24) is 0 Å². The van der Waals surface area contributed by atoms with E-state index < -0.39 is 11.7 Å². The molecule has 0 saturated heterocycles. The van der Waals surface area contributed by atoms with Crippen molar-refractivity contribution in [3.63, 3.8) is 0 Å². The van der Waals surface area contributed by atoms with Crippen LogP contribution in [0.5, 0.6) is 0 Å². The summed E-state index contributed by atoms with van der Waals surface area (Å²) in [6, 6.07) is 5.69. The average Bonchev–Trinajstić information content (AvgIpc) is 2.33. The number of alkyl halides is 3. The van der Waals surface area contributed by atoms with Gasteiger partial charge in [-0.05, 0) is 55.4 Å². The highest BCUT2D eigenvalue weighted by Crippen LogP contribution is 2.32. The number of halogens is 3. The van der Waals surface area contributed by atoms with E-state index in [1.807, 2.05) is 0 Å². The first-order valence-electron chi connectivity index (χ1n) is 6.80. The summed E-state index contributed by atoms with van der Waals surface area (Å²) in [7, 11) is 0. The summed E-state index contributed by atoms with van der Waals surface area (Å²) in [6.07, 6.45) is -0.901. The number of rotatable bonds is 2. The van der Waals surface area contributed by atoms with E-state index in [0.717, 1.165) is 36.6 Å². The van der Waals surface area contributed by atoms with E-state index in [-0.39, 0.29) is 0 Å². The van der Waals surface area contributed by atoms with Crippen LogP contribution in [0.4, 0.5) is 18.9 Å². The topological polar surface area (TPSA) is 12.0 Å². The lowest BCUT2D eigenvalue weighted by Crippen LogP contribution is -2.30. The van der Waals surface area contributed by atoms with Gasteiger partial charge in [0, 0.05) is 11.7 Å². The third-order valence-electron chi connectivity index (χ3n) is 4.18. The number of hydrogen-bond acceptors (Lipinski definition) is 1. The third kappa shape index (κ3) is 3.64. The molecule has 19 heavy (non-hydrogen) atoms. The van der Waals surface area contributed by atoms with Crippen molar-refractivity contribution in [3.05, 3.63) is 29.8 Å². The normalized spacial score (nSPS) is 28.2. The molecule has 1 saturated carbocycles. The Morgan fingerprint density at radius 1 is 1.00 bits per heavy atom. The SMILES string of the molecule is CC1CCC(Nc2ccc(C(F)(F)F)cc2)CC1C. The highest BCUT2D eigenvalue weighted by molar-refractivity contribution is 5.46. The lowest BCUT2D eigenvalue weighted by atomic mass is 9.79. The van der Waals surface area contributed by atoms with Crippen LogP contribution in [-0.2, 0) is 6.18 Å². The number of benzene rings is 1. The molecule has 4 heteroatoms. The summed E-state index contributed by atoms with van der Waals surface area (Å²) in [6.45, 7) is 4.50. The van der Waals surface area contributed by atoms with E-state index in [4.69, 9.17) is 0 Å². The molecule has 1 N–H and O–H groups in total. The summed E-state index contributed by atoms with van der Waals surface area (Å²) < 4.78 is 37.4. The average molecular weight is 271 g/mol.